The number of hydrogen-bond donors (Lipinski definition) is 1. The topological polar surface area (TPSA) is 34.1 Å². The molecule has 1 aliphatic heterocycles. The minimum atomic E-state index is -0.889. The normalized spacial score (nSPS) is 24.2. The second-order valence-electron chi connectivity index (χ2n) is 3.32. The highest BCUT2D eigenvalue weighted by Crippen LogP contribution is 2.33. The summed E-state index contributed by atoms with van der Waals surface area (Å²) in [4.78, 5) is 3.05. The summed E-state index contributed by atoms with van der Waals surface area (Å²) in [7, 11) is 1.57. The highest BCUT2D eigenvalue weighted by atomic mass is 35.5. The van der Waals surface area contributed by atoms with Gasteiger partial charge in [0, 0.05) is 24.5 Å². The Morgan fingerprint density at radius 3 is 2.69 bits per heavy atom. The van der Waals surface area contributed by atoms with Crippen LogP contribution in [0.5, 0.6) is 0 Å². The van der Waals surface area contributed by atoms with E-state index in [1.807, 2.05) is 12.1 Å². The van der Waals surface area contributed by atoms with E-state index in [2.05, 4.69) is 10.3 Å². The fourth-order valence-electron chi connectivity index (χ4n) is 1.48. The molecule has 3 nitrogen and oxygen atoms in total. The predicted octanol–water partition coefficient (Wildman–Crippen LogP) is 2.69. The summed E-state index contributed by atoms with van der Waals surface area (Å²) in [5, 5.41) is 3.42. The number of methoxy groups -OCH3 is 1. The van der Waals surface area contributed by atoms with Crippen LogP contribution in [0.3, 0.4) is 0 Å². The van der Waals surface area contributed by atoms with Crippen LogP contribution in [0.2, 0.25) is 0 Å². The summed E-state index contributed by atoms with van der Waals surface area (Å²) in [6.45, 7) is 0. The summed E-state index contributed by atoms with van der Waals surface area (Å²) in [6, 6.07) is 3.64. The van der Waals surface area contributed by atoms with Crippen molar-refractivity contribution in [1.82, 2.24) is 10.3 Å². The van der Waals surface area contributed by atoms with Gasteiger partial charge in [0.25, 0.3) is 0 Å². The zero-order valence-corrected chi connectivity index (χ0v) is 10.1. The molecule has 1 aliphatic rings. The lowest BCUT2D eigenvalue weighted by Gasteiger charge is -2.29. The lowest BCUT2D eigenvalue weighted by atomic mass is 10.1. The molecule has 1 aromatic heterocycles. The van der Waals surface area contributed by atoms with Gasteiger partial charge in [-0.2, -0.15) is 0 Å². The van der Waals surface area contributed by atoms with E-state index < -0.39 is 5.00 Å². The SMILES string of the molecule is COC1=CC(Cl)(c2ccncc2)NC(Cl)=C1. The van der Waals surface area contributed by atoms with Crippen molar-refractivity contribution >= 4 is 23.2 Å². The van der Waals surface area contributed by atoms with Crippen molar-refractivity contribution in [3.63, 3.8) is 0 Å². The van der Waals surface area contributed by atoms with Crippen molar-refractivity contribution in [2.45, 2.75) is 5.00 Å². The second kappa shape index (κ2) is 4.36. The average molecular weight is 257 g/mol. The summed E-state index contributed by atoms with van der Waals surface area (Å²) in [5.74, 6) is 0.621. The summed E-state index contributed by atoms with van der Waals surface area (Å²) in [6.07, 6.45) is 6.78. The van der Waals surface area contributed by atoms with Crippen molar-refractivity contribution in [1.29, 1.82) is 0 Å². The quantitative estimate of drug-likeness (QED) is 0.653. The molecule has 2 rings (SSSR count). The van der Waals surface area contributed by atoms with Crippen LogP contribution < -0.4 is 5.32 Å². The molecule has 1 atom stereocenters. The third-order valence-corrected chi connectivity index (χ3v) is 2.87. The van der Waals surface area contributed by atoms with Gasteiger partial charge in [-0.05, 0) is 17.7 Å². The molecule has 0 saturated carbocycles. The smallest absolute Gasteiger partial charge is 0.161 e. The number of dihydropyridines is 1. The molecular formula is C11H10Cl2N2O. The van der Waals surface area contributed by atoms with Crippen LogP contribution >= 0.6 is 23.2 Å². The van der Waals surface area contributed by atoms with Crippen LogP contribution in [-0.2, 0) is 9.73 Å². The van der Waals surface area contributed by atoms with Crippen molar-refractivity contribution in [3.8, 4) is 0 Å². The molecule has 0 saturated heterocycles. The molecule has 0 spiro atoms. The monoisotopic (exact) mass is 256 g/mol. The van der Waals surface area contributed by atoms with Gasteiger partial charge in [0.15, 0.2) is 5.00 Å². The number of allylic oxidation sites excluding steroid dienone is 1. The standard InChI is InChI=1S/C11H10Cl2N2O/c1-16-9-6-10(12)15-11(13,7-9)8-2-4-14-5-3-8/h2-7,15H,1H3. The van der Waals surface area contributed by atoms with Gasteiger partial charge in [-0.25, -0.2) is 0 Å². The van der Waals surface area contributed by atoms with Gasteiger partial charge in [-0.1, -0.05) is 23.2 Å². The van der Waals surface area contributed by atoms with E-state index in [-0.39, 0.29) is 0 Å². The van der Waals surface area contributed by atoms with Crippen molar-refractivity contribution in [2.75, 3.05) is 7.11 Å². The van der Waals surface area contributed by atoms with E-state index in [9.17, 15) is 0 Å². The maximum Gasteiger partial charge on any atom is 0.161 e. The largest absolute Gasteiger partial charge is 0.497 e. The molecule has 0 aromatic carbocycles. The van der Waals surface area contributed by atoms with Crippen molar-refractivity contribution in [2.24, 2.45) is 0 Å². The molecule has 1 unspecified atom stereocenters. The van der Waals surface area contributed by atoms with Gasteiger partial charge in [-0.15, -0.1) is 0 Å². The summed E-state index contributed by atoms with van der Waals surface area (Å²) < 4.78 is 5.14. The van der Waals surface area contributed by atoms with Crippen LogP contribution in [0, 0.1) is 0 Å². The molecule has 84 valence electrons. The minimum absolute atomic E-state index is 0.436. The van der Waals surface area contributed by atoms with Crippen molar-refractivity contribution < 1.29 is 4.74 Å². The highest BCUT2D eigenvalue weighted by molar-refractivity contribution is 6.31. The first kappa shape index (κ1) is 11.3. The predicted molar refractivity (Wildman–Crippen MR) is 63.9 cm³/mol. The Morgan fingerprint density at radius 1 is 1.38 bits per heavy atom. The van der Waals surface area contributed by atoms with E-state index in [4.69, 9.17) is 27.9 Å². The number of alkyl halides is 1. The van der Waals surface area contributed by atoms with E-state index in [1.54, 1.807) is 31.7 Å². The third kappa shape index (κ3) is 2.15. The van der Waals surface area contributed by atoms with Gasteiger partial charge in [0.2, 0.25) is 0 Å². The Labute approximate surface area is 104 Å². The fraction of sp³-hybridized carbons (Fsp3) is 0.182. The Morgan fingerprint density at radius 2 is 2.06 bits per heavy atom. The van der Waals surface area contributed by atoms with Crippen LogP contribution in [0.25, 0.3) is 0 Å². The van der Waals surface area contributed by atoms with Gasteiger partial charge in [0.05, 0.1) is 7.11 Å². The Hall–Kier alpha value is -1.19. The summed E-state index contributed by atoms with van der Waals surface area (Å²) >= 11 is 12.4. The molecule has 1 aromatic rings. The van der Waals surface area contributed by atoms with E-state index >= 15 is 0 Å². The molecular weight excluding hydrogens is 247 g/mol. The molecule has 5 heteroatoms. The van der Waals surface area contributed by atoms with E-state index in [0.29, 0.717) is 10.9 Å². The van der Waals surface area contributed by atoms with Gasteiger partial charge < -0.3 is 10.1 Å². The molecule has 0 aliphatic carbocycles. The second-order valence-corrected chi connectivity index (χ2v) is 4.32. The maximum absolute atomic E-state index is 6.45. The first-order chi connectivity index (χ1) is 7.64. The van der Waals surface area contributed by atoms with Gasteiger partial charge >= 0.3 is 0 Å². The number of pyridine rings is 1. The van der Waals surface area contributed by atoms with Crippen LogP contribution in [0.15, 0.2) is 47.6 Å². The molecule has 0 fully saturated rings. The number of nitrogens with one attached hydrogen (secondary N) is 1. The Kier molecular flexibility index (Phi) is 3.08. The van der Waals surface area contributed by atoms with Crippen LogP contribution in [-0.4, -0.2) is 12.1 Å². The van der Waals surface area contributed by atoms with Gasteiger partial charge in [0.1, 0.15) is 10.9 Å². The molecule has 0 radical (unpaired) electrons. The Bertz CT molecular complexity index is 445. The lowest BCUT2D eigenvalue weighted by molar-refractivity contribution is 0.298. The maximum atomic E-state index is 6.45. The molecule has 0 bridgehead atoms. The van der Waals surface area contributed by atoms with Gasteiger partial charge in [-0.3, -0.25) is 4.98 Å². The first-order valence-electron chi connectivity index (χ1n) is 4.66. The molecule has 2 heterocycles. The average Bonchev–Trinajstić information content (AvgIpc) is 2.29. The highest BCUT2D eigenvalue weighted by Gasteiger charge is 2.31. The number of nitrogens with zero attached hydrogens (tertiary/aromatic N) is 1. The summed E-state index contributed by atoms with van der Waals surface area (Å²) in [5.41, 5.74) is 0.852. The molecule has 1 N–H and O–H groups in total. The molecule has 0 amide bonds. The number of aromatic nitrogens is 1. The minimum Gasteiger partial charge on any atom is -0.497 e. The zero-order chi connectivity index (χ0) is 11.6. The molecule has 16 heavy (non-hydrogen) atoms. The fourth-order valence-corrected chi connectivity index (χ4v) is 2.12. The number of hydrogen-bond acceptors (Lipinski definition) is 3. The number of ether oxygens (including phenoxy) is 1. The Balaban J connectivity index is 2.41. The zero-order valence-electron chi connectivity index (χ0n) is 8.58. The van der Waals surface area contributed by atoms with Crippen LogP contribution in [0.1, 0.15) is 5.56 Å². The van der Waals surface area contributed by atoms with Crippen molar-refractivity contribution in [3.05, 3.63) is 53.2 Å². The lowest BCUT2D eigenvalue weighted by Crippen LogP contribution is -2.36. The van der Waals surface area contributed by atoms with E-state index in [1.165, 1.54) is 0 Å². The van der Waals surface area contributed by atoms with E-state index in [0.717, 1.165) is 5.56 Å². The van der Waals surface area contributed by atoms with Crippen LogP contribution in [0.4, 0.5) is 0 Å². The third-order valence-electron chi connectivity index (χ3n) is 2.25. The number of rotatable bonds is 2. The first-order valence-corrected chi connectivity index (χ1v) is 5.41. The number of halogens is 2.